The van der Waals surface area contributed by atoms with E-state index < -0.39 is 0 Å². The molecule has 3 N–H and O–H groups in total. The van der Waals surface area contributed by atoms with E-state index >= 15 is 0 Å². The van der Waals surface area contributed by atoms with Crippen molar-refractivity contribution in [2.75, 3.05) is 6.61 Å². The molecule has 0 aliphatic heterocycles. The first-order valence-corrected chi connectivity index (χ1v) is 7.18. The summed E-state index contributed by atoms with van der Waals surface area (Å²) in [6.07, 6.45) is 1.40. The number of ether oxygens (including phenoxy) is 1. The molecule has 0 spiro atoms. The highest BCUT2D eigenvalue weighted by atomic mass is 19.1. The van der Waals surface area contributed by atoms with Crippen molar-refractivity contribution in [1.82, 2.24) is 5.32 Å². The molecule has 1 amide bonds. The summed E-state index contributed by atoms with van der Waals surface area (Å²) in [5, 5.41) is 2.78. The zero-order valence-electron chi connectivity index (χ0n) is 13.2. The van der Waals surface area contributed by atoms with Crippen LogP contribution >= 0.6 is 0 Å². The highest BCUT2D eigenvalue weighted by Gasteiger charge is 2.14. The number of hydrogen-bond acceptors (Lipinski definition) is 3. The average Bonchev–Trinajstić information content (AvgIpc) is 2.33. The van der Waals surface area contributed by atoms with E-state index in [1.54, 1.807) is 6.07 Å². The first-order valence-electron chi connectivity index (χ1n) is 7.18. The Labute approximate surface area is 125 Å². The summed E-state index contributed by atoms with van der Waals surface area (Å²) >= 11 is 0. The van der Waals surface area contributed by atoms with Gasteiger partial charge in [0.05, 0.1) is 0 Å². The van der Waals surface area contributed by atoms with Crippen molar-refractivity contribution in [3.8, 4) is 5.75 Å². The van der Waals surface area contributed by atoms with Gasteiger partial charge in [-0.15, -0.1) is 0 Å². The van der Waals surface area contributed by atoms with Crippen LogP contribution < -0.4 is 15.8 Å². The summed E-state index contributed by atoms with van der Waals surface area (Å²) in [5.74, 6) is -0.280. The van der Waals surface area contributed by atoms with Crippen molar-refractivity contribution < 1.29 is 13.9 Å². The molecular formula is C16H25FN2O2. The van der Waals surface area contributed by atoms with E-state index in [1.165, 1.54) is 12.1 Å². The molecule has 4 nitrogen and oxygen atoms in total. The van der Waals surface area contributed by atoms with Gasteiger partial charge in [-0.2, -0.15) is 0 Å². The fourth-order valence-electron chi connectivity index (χ4n) is 1.87. The van der Waals surface area contributed by atoms with E-state index in [0.29, 0.717) is 12.2 Å². The van der Waals surface area contributed by atoms with Crippen LogP contribution in [0.15, 0.2) is 18.2 Å². The van der Waals surface area contributed by atoms with Crippen LogP contribution in [0, 0.1) is 5.82 Å². The quantitative estimate of drug-likeness (QED) is 0.847. The first-order chi connectivity index (χ1) is 9.69. The third-order valence-corrected chi connectivity index (χ3v) is 2.84. The molecule has 0 aliphatic rings. The van der Waals surface area contributed by atoms with E-state index in [2.05, 4.69) is 5.32 Å². The van der Waals surface area contributed by atoms with Gasteiger partial charge in [-0.3, -0.25) is 4.79 Å². The van der Waals surface area contributed by atoms with Crippen LogP contribution in [0.4, 0.5) is 4.39 Å². The van der Waals surface area contributed by atoms with Gasteiger partial charge < -0.3 is 15.8 Å². The predicted molar refractivity (Wildman–Crippen MR) is 81.8 cm³/mol. The van der Waals surface area contributed by atoms with Crippen LogP contribution in [-0.2, 0) is 11.2 Å². The van der Waals surface area contributed by atoms with E-state index in [4.69, 9.17) is 10.5 Å². The molecule has 0 radical (unpaired) electrons. The standard InChI is InChI=1S/C16H25FN2O2/c1-5-13(18)7-11-6-12(17)9-14(8-11)21-10-15(20)19-16(2,3)4/h6,8-9,13H,5,7,10,18H2,1-4H3,(H,19,20). The Morgan fingerprint density at radius 3 is 2.62 bits per heavy atom. The Kier molecular flexibility index (Phi) is 6.15. The third kappa shape index (κ3) is 7.09. The van der Waals surface area contributed by atoms with Crippen LogP contribution in [0.5, 0.6) is 5.75 Å². The SMILES string of the molecule is CCC(N)Cc1cc(F)cc(OCC(=O)NC(C)(C)C)c1. The summed E-state index contributed by atoms with van der Waals surface area (Å²) < 4.78 is 18.9. The number of nitrogens with two attached hydrogens (primary N) is 1. The van der Waals surface area contributed by atoms with E-state index in [0.717, 1.165) is 12.0 Å². The number of carbonyl (C=O) groups excluding carboxylic acids is 1. The van der Waals surface area contributed by atoms with Crippen molar-refractivity contribution in [3.05, 3.63) is 29.6 Å². The van der Waals surface area contributed by atoms with Crippen LogP contribution in [0.2, 0.25) is 0 Å². The van der Waals surface area contributed by atoms with Crippen molar-refractivity contribution in [1.29, 1.82) is 0 Å². The normalized spacial score (nSPS) is 12.9. The lowest BCUT2D eigenvalue weighted by Gasteiger charge is -2.20. The largest absolute Gasteiger partial charge is 0.484 e. The van der Waals surface area contributed by atoms with E-state index in [1.807, 2.05) is 27.7 Å². The second-order valence-electron chi connectivity index (χ2n) is 6.25. The van der Waals surface area contributed by atoms with Crippen LogP contribution in [0.25, 0.3) is 0 Å². The number of benzene rings is 1. The maximum absolute atomic E-state index is 13.6. The highest BCUT2D eigenvalue weighted by molar-refractivity contribution is 5.78. The number of hydrogen-bond donors (Lipinski definition) is 2. The molecule has 0 saturated heterocycles. The van der Waals surface area contributed by atoms with Crippen molar-refractivity contribution >= 4 is 5.91 Å². The molecule has 5 heteroatoms. The van der Waals surface area contributed by atoms with Gasteiger partial charge in [-0.05, 0) is 51.3 Å². The van der Waals surface area contributed by atoms with Gasteiger partial charge in [-0.1, -0.05) is 6.92 Å². The first kappa shape index (κ1) is 17.4. The fraction of sp³-hybridized carbons (Fsp3) is 0.562. The maximum Gasteiger partial charge on any atom is 0.258 e. The summed E-state index contributed by atoms with van der Waals surface area (Å²) in [5.41, 5.74) is 6.33. The molecule has 1 atom stereocenters. The number of amides is 1. The summed E-state index contributed by atoms with van der Waals surface area (Å²) in [7, 11) is 0. The topological polar surface area (TPSA) is 64.3 Å². The second-order valence-corrected chi connectivity index (χ2v) is 6.25. The molecule has 1 aromatic rings. The minimum Gasteiger partial charge on any atom is -0.484 e. The van der Waals surface area contributed by atoms with Crippen LogP contribution in [0.3, 0.4) is 0 Å². The number of halogens is 1. The van der Waals surface area contributed by atoms with E-state index in [9.17, 15) is 9.18 Å². The van der Waals surface area contributed by atoms with Crippen LogP contribution in [-0.4, -0.2) is 24.1 Å². The minimum atomic E-state index is -0.387. The molecule has 118 valence electrons. The van der Waals surface area contributed by atoms with Gasteiger partial charge >= 0.3 is 0 Å². The maximum atomic E-state index is 13.6. The second kappa shape index (κ2) is 7.41. The monoisotopic (exact) mass is 296 g/mol. The van der Waals surface area contributed by atoms with Gasteiger partial charge in [0.15, 0.2) is 6.61 Å². The lowest BCUT2D eigenvalue weighted by molar-refractivity contribution is -0.124. The molecule has 1 rings (SSSR count). The molecule has 1 aromatic carbocycles. The molecule has 0 bridgehead atoms. The van der Waals surface area contributed by atoms with Crippen molar-refractivity contribution in [2.45, 2.75) is 52.1 Å². The molecule has 0 aromatic heterocycles. The lowest BCUT2D eigenvalue weighted by Crippen LogP contribution is -2.43. The Morgan fingerprint density at radius 2 is 2.05 bits per heavy atom. The molecule has 0 aliphatic carbocycles. The molecule has 21 heavy (non-hydrogen) atoms. The summed E-state index contributed by atoms with van der Waals surface area (Å²) in [4.78, 5) is 11.7. The van der Waals surface area contributed by atoms with Crippen LogP contribution in [0.1, 0.15) is 39.7 Å². The molecule has 1 unspecified atom stereocenters. The Balaban J connectivity index is 2.65. The average molecular weight is 296 g/mol. The Morgan fingerprint density at radius 1 is 1.38 bits per heavy atom. The van der Waals surface area contributed by atoms with Gasteiger partial charge in [0.1, 0.15) is 11.6 Å². The molecular weight excluding hydrogens is 271 g/mol. The third-order valence-electron chi connectivity index (χ3n) is 2.84. The summed E-state index contributed by atoms with van der Waals surface area (Å²) in [6.45, 7) is 7.50. The Bertz CT molecular complexity index is 484. The zero-order chi connectivity index (χ0) is 16.0. The number of carbonyl (C=O) groups is 1. The number of nitrogens with one attached hydrogen (secondary N) is 1. The molecule has 0 saturated carbocycles. The lowest BCUT2D eigenvalue weighted by atomic mass is 10.0. The fourth-order valence-corrected chi connectivity index (χ4v) is 1.87. The van der Waals surface area contributed by atoms with Gasteiger partial charge in [-0.25, -0.2) is 4.39 Å². The van der Waals surface area contributed by atoms with Gasteiger partial charge in [0, 0.05) is 17.6 Å². The van der Waals surface area contributed by atoms with Gasteiger partial charge in [0.25, 0.3) is 5.91 Å². The molecule has 0 heterocycles. The van der Waals surface area contributed by atoms with Crippen molar-refractivity contribution in [3.63, 3.8) is 0 Å². The molecule has 0 fully saturated rings. The zero-order valence-corrected chi connectivity index (χ0v) is 13.2. The minimum absolute atomic E-state index is 0.0103. The summed E-state index contributed by atoms with van der Waals surface area (Å²) in [6, 6.07) is 4.43. The number of rotatable bonds is 6. The highest BCUT2D eigenvalue weighted by Crippen LogP contribution is 2.18. The Hall–Kier alpha value is -1.62. The van der Waals surface area contributed by atoms with Crippen molar-refractivity contribution in [2.24, 2.45) is 5.73 Å². The van der Waals surface area contributed by atoms with E-state index in [-0.39, 0.29) is 29.9 Å². The predicted octanol–water partition coefficient (Wildman–Crippen LogP) is 2.40. The van der Waals surface area contributed by atoms with Gasteiger partial charge in [0.2, 0.25) is 0 Å². The smallest absolute Gasteiger partial charge is 0.258 e.